The zero-order valence-corrected chi connectivity index (χ0v) is 15.7. The van der Waals surface area contributed by atoms with Crippen molar-refractivity contribution >= 4 is 50.2 Å². The minimum Gasteiger partial charge on any atom is -0.324 e. The maximum atomic E-state index is 6.09. The number of benzene rings is 2. The smallest absolute Gasteiger partial charge is 0.229 e. The monoisotopic (exact) mass is 412 g/mol. The Hall–Kier alpha value is -2.37. The van der Waals surface area contributed by atoms with Crippen LogP contribution in [0.2, 0.25) is 5.02 Å². The SMILES string of the molecule is Cc1ccc(Cl)cc1Nc1ncc2ccn(-c3cccc(Br)c3)c2n1. The van der Waals surface area contributed by atoms with Crippen molar-refractivity contribution in [2.75, 3.05) is 5.32 Å². The van der Waals surface area contributed by atoms with Gasteiger partial charge in [0.2, 0.25) is 5.95 Å². The van der Waals surface area contributed by atoms with Crippen LogP contribution in [0.1, 0.15) is 5.56 Å². The third-order valence-corrected chi connectivity index (χ3v) is 4.69. The highest BCUT2D eigenvalue weighted by molar-refractivity contribution is 9.10. The van der Waals surface area contributed by atoms with Crippen LogP contribution in [0.4, 0.5) is 11.6 Å². The molecule has 0 amide bonds. The lowest BCUT2D eigenvalue weighted by Crippen LogP contribution is -2.01. The number of nitrogens with zero attached hydrogens (tertiary/aromatic N) is 3. The number of anilines is 2. The van der Waals surface area contributed by atoms with Gasteiger partial charge < -0.3 is 9.88 Å². The molecule has 2 aromatic heterocycles. The molecular formula is C19H14BrClN4. The topological polar surface area (TPSA) is 42.7 Å². The average Bonchev–Trinajstić information content (AvgIpc) is 3.01. The first-order chi connectivity index (χ1) is 12.1. The molecule has 6 heteroatoms. The predicted octanol–water partition coefficient (Wildman–Crippen LogP) is 5.89. The lowest BCUT2D eigenvalue weighted by molar-refractivity contribution is 1.08. The van der Waals surface area contributed by atoms with Crippen LogP contribution in [0, 0.1) is 6.92 Å². The first-order valence-corrected chi connectivity index (χ1v) is 8.90. The van der Waals surface area contributed by atoms with Crippen LogP contribution in [0.15, 0.2) is 65.4 Å². The molecule has 4 nitrogen and oxygen atoms in total. The molecule has 0 spiro atoms. The van der Waals surface area contributed by atoms with Crippen molar-refractivity contribution in [1.82, 2.24) is 14.5 Å². The van der Waals surface area contributed by atoms with E-state index in [9.17, 15) is 0 Å². The number of halogens is 2. The number of aryl methyl sites for hydroxylation is 1. The zero-order chi connectivity index (χ0) is 17.4. The van der Waals surface area contributed by atoms with Crippen molar-refractivity contribution in [3.63, 3.8) is 0 Å². The van der Waals surface area contributed by atoms with Crippen LogP contribution in [-0.2, 0) is 0 Å². The molecule has 0 aliphatic carbocycles. The van der Waals surface area contributed by atoms with E-state index in [1.165, 1.54) is 0 Å². The molecule has 2 aromatic carbocycles. The van der Waals surface area contributed by atoms with Crippen molar-refractivity contribution in [1.29, 1.82) is 0 Å². The van der Waals surface area contributed by atoms with Gasteiger partial charge in [-0.2, -0.15) is 4.98 Å². The maximum absolute atomic E-state index is 6.09. The summed E-state index contributed by atoms with van der Waals surface area (Å²) in [6, 6.07) is 15.8. The van der Waals surface area contributed by atoms with Crippen LogP contribution in [-0.4, -0.2) is 14.5 Å². The van der Waals surface area contributed by atoms with Crippen molar-refractivity contribution in [3.8, 4) is 5.69 Å². The van der Waals surface area contributed by atoms with Gasteiger partial charge in [0.15, 0.2) is 0 Å². The zero-order valence-electron chi connectivity index (χ0n) is 13.4. The molecule has 0 bridgehead atoms. The summed E-state index contributed by atoms with van der Waals surface area (Å²) in [4.78, 5) is 9.10. The number of aromatic nitrogens is 3. The highest BCUT2D eigenvalue weighted by Gasteiger charge is 2.09. The Morgan fingerprint density at radius 1 is 1.12 bits per heavy atom. The molecule has 0 saturated carbocycles. The fraction of sp³-hybridized carbons (Fsp3) is 0.0526. The number of nitrogens with one attached hydrogen (secondary N) is 1. The first kappa shape index (κ1) is 16.1. The van der Waals surface area contributed by atoms with E-state index in [-0.39, 0.29) is 0 Å². The Morgan fingerprint density at radius 2 is 2.00 bits per heavy atom. The Labute approximate surface area is 158 Å². The van der Waals surface area contributed by atoms with Crippen LogP contribution in [0.5, 0.6) is 0 Å². The standard InChI is InChI=1S/C19H14BrClN4/c1-12-5-6-15(21)10-17(12)23-19-22-11-13-7-8-25(18(13)24-19)16-4-2-3-14(20)9-16/h2-11H,1H3,(H,22,23,24). The van der Waals surface area contributed by atoms with Gasteiger partial charge in [0.05, 0.1) is 0 Å². The summed E-state index contributed by atoms with van der Waals surface area (Å²) < 4.78 is 3.06. The third kappa shape index (κ3) is 3.25. The fourth-order valence-corrected chi connectivity index (χ4v) is 3.22. The van der Waals surface area contributed by atoms with Gasteiger partial charge in [-0.25, -0.2) is 4.98 Å². The van der Waals surface area contributed by atoms with E-state index < -0.39 is 0 Å². The number of hydrogen-bond donors (Lipinski definition) is 1. The molecular weight excluding hydrogens is 400 g/mol. The Kier molecular flexibility index (Phi) is 4.19. The Balaban J connectivity index is 1.77. The first-order valence-electron chi connectivity index (χ1n) is 7.73. The maximum Gasteiger partial charge on any atom is 0.229 e. The van der Waals surface area contributed by atoms with E-state index in [0.717, 1.165) is 32.4 Å². The molecule has 124 valence electrons. The van der Waals surface area contributed by atoms with Crippen molar-refractivity contribution in [2.45, 2.75) is 6.92 Å². The van der Waals surface area contributed by atoms with Crippen molar-refractivity contribution in [3.05, 3.63) is 76.0 Å². The average molecular weight is 414 g/mol. The van der Waals surface area contributed by atoms with Crippen LogP contribution < -0.4 is 5.32 Å². The van der Waals surface area contributed by atoms with E-state index in [2.05, 4.69) is 37.3 Å². The van der Waals surface area contributed by atoms with Gasteiger partial charge >= 0.3 is 0 Å². The highest BCUT2D eigenvalue weighted by Crippen LogP contribution is 2.25. The van der Waals surface area contributed by atoms with Crippen LogP contribution >= 0.6 is 27.5 Å². The minimum atomic E-state index is 0.535. The van der Waals surface area contributed by atoms with Gasteiger partial charge in [-0.05, 0) is 48.9 Å². The number of rotatable bonds is 3. The number of hydrogen-bond acceptors (Lipinski definition) is 3. The van der Waals surface area contributed by atoms with Crippen molar-refractivity contribution in [2.24, 2.45) is 0 Å². The molecule has 25 heavy (non-hydrogen) atoms. The van der Waals surface area contributed by atoms with E-state index in [1.807, 2.05) is 66.3 Å². The summed E-state index contributed by atoms with van der Waals surface area (Å²) in [7, 11) is 0. The summed E-state index contributed by atoms with van der Waals surface area (Å²) in [5, 5.41) is 4.91. The van der Waals surface area contributed by atoms with Gasteiger partial charge in [-0.15, -0.1) is 0 Å². The van der Waals surface area contributed by atoms with Gasteiger partial charge in [0, 0.05) is 38.7 Å². The van der Waals surface area contributed by atoms with Gasteiger partial charge in [0.25, 0.3) is 0 Å². The normalized spacial score (nSPS) is 11.0. The lowest BCUT2D eigenvalue weighted by Gasteiger charge is -2.10. The summed E-state index contributed by atoms with van der Waals surface area (Å²) >= 11 is 9.61. The van der Waals surface area contributed by atoms with Gasteiger partial charge in [-0.3, -0.25) is 0 Å². The highest BCUT2D eigenvalue weighted by atomic mass is 79.9. The fourth-order valence-electron chi connectivity index (χ4n) is 2.66. The number of fused-ring (bicyclic) bond motifs is 1. The molecule has 0 aliphatic rings. The molecule has 4 rings (SSSR count). The molecule has 0 fully saturated rings. The molecule has 2 heterocycles. The third-order valence-electron chi connectivity index (χ3n) is 3.96. The largest absolute Gasteiger partial charge is 0.324 e. The Bertz CT molecular complexity index is 1070. The van der Waals surface area contributed by atoms with E-state index >= 15 is 0 Å². The predicted molar refractivity (Wildman–Crippen MR) is 106 cm³/mol. The van der Waals surface area contributed by atoms with Crippen LogP contribution in [0.25, 0.3) is 16.7 Å². The molecule has 0 aliphatic heterocycles. The van der Waals surface area contributed by atoms with Crippen LogP contribution in [0.3, 0.4) is 0 Å². The second-order valence-electron chi connectivity index (χ2n) is 5.72. The summed E-state index contributed by atoms with van der Waals surface area (Å²) in [5.74, 6) is 0.535. The molecule has 1 N–H and O–H groups in total. The summed E-state index contributed by atoms with van der Waals surface area (Å²) in [6.07, 6.45) is 3.81. The van der Waals surface area contributed by atoms with Gasteiger partial charge in [0.1, 0.15) is 5.65 Å². The molecule has 0 atom stereocenters. The molecule has 4 aromatic rings. The van der Waals surface area contributed by atoms with E-state index in [0.29, 0.717) is 11.0 Å². The van der Waals surface area contributed by atoms with Crippen molar-refractivity contribution < 1.29 is 0 Å². The summed E-state index contributed by atoms with van der Waals surface area (Å²) in [6.45, 7) is 2.02. The summed E-state index contributed by atoms with van der Waals surface area (Å²) in [5.41, 5.74) is 3.85. The molecule has 0 radical (unpaired) electrons. The van der Waals surface area contributed by atoms with E-state index in [4.69, 9.17) is 11.6 Å². The molecule has 0 saturated heterocycles. The van der Waals surface area contributed by atoms with Gasteiger partial charge in [-0.1, -0.05) is 39.7 Å². The minimum absolute atomic E-state index is 0.535. The Morgan fingerprint density at radius 3 is 2.84 bits per heavy atom. The molecule has 0 unspecified atom stereocenters. The second-order valence-corrected chi connectivity index (χ2v) is 7.07. The van der Waals surface area contributed by atoms with E-state index in [1.54, 1.807) is 0 Å². The quantitative estimate of drug-likeness (QED) is 0.455. The lowest BCUT2D eigenvalue weighted by atomic mass is 10.2. The second kappa shape index (κ2) is 6.50.